The van der Waals surface area contributed by atoms with E-state index in [-0.39, 0.29) is 18.0 Å². The van der Waals surface area contributed by atoms with Gasteiger partial charge in [-0.2, -0.15) is 13.2 Å². The third-order valence-corrected chi connectivity index (χ3v) is 3.22. The zero-order valence-corrected chi connectivity index (χ0v) is 12.4. The van der Waals surface area contributed by atoms with E-state index in [0.717, 1.165) is 5.56 Å². The van der Waals surface area contributed by atoms with E-state index in [1.165, 1.54) is 0 Å². The lowest BCUT2D eigenvalue weighted by molar-refractivity contribution is -0.140. The lowest BCUT2D eigenvalue weighted by Gasteiger charge is -2.23. The van der Waals surface area contributed by atoms with Gasteiger partial charge in [-0.15, -0.1) is 11.6 Å². The monoisotopic (exact) mass is 357 g/mol. The molecule has 0 aliphatic carbocycles. The van der Waals surface area contributed by atoms with Crippen molar-refractivity contribution in [1.29, 1.82) is 0 Å². The number of alkyl halides is 4. The molecule has 0 heterocycles. The van der Waals surface area contributed by atoms with Crippen LogP contribution in [0, 0.1) is 6.92 Å². The molecule has 0 saturated carbocycles. The largest absolute Gasteiger partial charge is 0.406 e. The van der Waals surface area contributed by atoms with Gasteiger partial charge in [0.05, 0.1) is 5.56 Å². The fourth-order valence-electron chi connectivity index (χ4n) is 1.54. The number of aryl methyl sites for hydroxylation is 1. The lowest BCUT2D eigenvalue weighted by Crippen LogP contribution is -2.40. The summed E-state index contributed by atoms with van der Waals surface area (Å²) in [5.41, 5.74) is 0.999. The fraction of sp³-hybridized carbons (Fsp3) is 0.417. The molecule has 0 aromatic heterocycles. The zero-order chi connectivity index (χ0) is 14.6. The van der Waals surface area contributed by atoms with Crippen LogP contribution in [0.4, 0.5) is 13.2 Å². The molecule has 0 aliphatic heterocycles. The van der Waals surface area contributed by atoms with E-state index in [9.17, 15) is 18.0 Å². The Balaban J connectivity index is 3.02. The second-order valence-corrected chi connectivity index (χ2v) is 5.25. The molecule has 1 aromatic carbocycles. The first-order valence-electron chi connectivity index (χ1n) is 5.42. The Morgan fingerprint density at radius 2 is 2.05 bits per heavy atom. The van der Waals surface area contributed by atoms with Crippen LogP contribution in [0.1, 0.15) is 15.9 Å². The Morgan fingerprint density at radius 1 is 1.42 bits per heavy atom. The molecule has 0 spiro atoms. The first kappa shape index (κ1) is 16.3. The molecule has 2 nitrogen and oxygen atoms in total. The number of amides is 1. The molecular weight excluding hydrogens is 346 g/mol. The van der Waals surface area contributed by atoms with Gasteiger partial charge in [-0.25, -0.2) is 0 Å². The van der Waals surface area contributed by atoms with Crippen LogP contribution in [0.15, 0.2) is 22.7 Å². The van der Waals surface area contributed by atoms with Gasteiger partial charge in [-0.05, 0) is 35.0 Å². The minimum absolute atomic E-state index is 0.0503. The summed E-state index contributed by atoms with van der Waals surface area (Å²) < 4.78 is 37.8. The molecule has 0 aliphatic rings. The first-order chi connectivity index (χ1) is 8.74. The van der Waals surface area contributed by atoms with Crippen LogP contribution in [0.25, 0.3) is 0 Å². The van der Waals surface area contributed by atoms with Crippen LogP contribution in [-0.4, -0.2) is 36.0 Å². The number of nitrogens with zero attached hydrogens (tertiary/aromatic N) is 1. The van der Waals surface area contributed by atoms with Crippen LogP contribution in [0.3, 0.4) is 0 Å². The number of rotatable bonds is 4. The van der Waals surface area contributed by atoms with E-state index < -0.39 is 18.6 Å². The van der Waals surface area contributed by atoms with Gasteiger partial charge in [0.15, 0.2) is 0 Å². The molecule has 19 heavy (non-hydrogen) atoms. The summed E-state index contributed by atoms with van der Waals surface area (Å²) in [6.45, 7) is 0.304. The minimum Gasteiger partial charge on any atom is -0.328 e. The summed E-state index contributed by atoms with van der Waals surface area (Å²) >= 11 is 8.62. The second-order valence-electron chi connectivity index (χ2n) is 4.01. The van der Waals surface area contributed by atoms with Gasteiger partial charge in [-0.1, -0.05) is 11.6 Å². The Bertz CT molecular complexity index is 465. The molecule has 0 N–H and O–H groups in total. The predicted octanol–water partition coefficient (Wildman–Crippen LogP) is 4.00. The minimum atomic E-state index is -4.45. The van der Waals surface area contributed by atoms with Crippen molar-refractivity contribution in [2.75, 3.05) is 19.0 Å². The Labute approximate surface area is 122 Å². The summed E-state index contributed by atoms with van der Waals surface area (Å²) in [6, 6.07) is 4.94. The van der Waals surface area contributed by atoms with Crippen molar-refractivity contribution in [3.63, 3.8) is 0 Å². The van der Waals surface area contributed by atoms with Crippen LogP contribution >= 0.6 is 27.5 Å². The number of halogens is 5. The molecule has 0 atom stereocenters. The van der Waals surface area contributed by atoms with Gasteiger partial charge in [0.2, 0.25) is 0 Å². The zero-order valence-electron chi connectivity index (χ0n) is 10.1. The quantitative estimate of drug-likeness (QED) is 0.745. The molecule has 0 bridgehead atoms. The van der Waals surface area contributed by atoms with Crippen LogP contribution in [-0.2, 0) is 0 Å². The van der Waals surface area contributed by atoms with Gasteiger partial charge < -0.3 is 4.90 Å². The Morgan fingerprint density at radius 3 is 2.58 bits per heavy atom. The summed E-state index contributed by atoms with van der Waals surface area (Å²) in [6.07, 6.45) is -4.45. The standard InChI is InChI=1S/C12H12BrClF3NO/c1-8-2-3-10(13)9(6-8)11(19)18(5-4-14)7-12(15,16)17/h2-3,6H,4-5,7H2,1H3. The van der Waals surface area contributed by atoms with Crippen LogP contribution in [0.2, 0.25) is 0 Å². The van der Waals surface area contributed by atoms with E-state index in [1.807, 2.05) is 0 Å². The van der Waals surface area contributed by atoms with Gasteiger partial charge in [0.25, 0.3) is 5.91 Å². The fourth-order valence-corrected chi connectivity index (χ4v) is 2.16. The van der Waals surface area contributed by atoms with E-state index in [1.54, 1.807) is 25.1 Å². The first-order valence-corrected chi connectivity index (χ1v) is 6.75. The van der Waals surface area contributed by atoms with Crippen molar-refractivity contribution < 1.29 is 18.0 Å². The smallest absolute Gasteiger partial charge is 0.328 e. The molecule has 106 valence electrons. The second kappa shape index (κ2) is 6.61. The molecule has 0 radical (unpaired) electrons. The maximum absolute atomic E-state index is 12.4. The summed E-state index contributed by atoms with van der Waals surface area (Å²) in [5.74, 6) is -0.737. The predicted molar refractivity (Wildman–Crippen MR) is 71.6 cm³/mol. The van der Waals surface area contributed by atoms with Gasteiger partial charge >= 0.3 is 6.18 Å². The Kier molecular flexibility index (Phi) is 5.67. The topological polar surface area (TPSA) is 20.3 Å². The van der Waals surface area contributed by atoms with E-state index >= 15 is 0 Å². The number of hydrogen-bond acceptors (Lipinski definition) is 1. The van der Waals surface area contributed by atoms with Gasteiger partial charge in [-0.3, -0.25) is 4.79 Å². The molecular formula is C12H12BrClF3NO. The number of carbonyl (C=O) groups is 1. The number of hydrogen-bond donors (Lipinski definition) is 0. The van der Waals surface area contributed by atoms with E-state index in [0.29, 0.717) is 9.37 Å². The van der Waals surface area contributed by atoms with Gasteiger partial charge in [0.1, 0.15) is 6.54 Å². The van der Waals surface area contributed by atoms with Crippen molar-refractivity contribution in [2.24, 2.45) is 0 Å². The highest BCUT2D eigenvalue weighted by Gasteiger charge is 2.33. The molecule has 1 aromatic rings. The van der Waals surface area contributed by atoms with Crippen molar-refractivity contribution in [2.45, 2.75) is 13.1 Å². The molecule has 0 fully saturated rings. The van der Waals surface area contributed by atoms with Crippen molar-refractivity contribution in [3.05, 3.63) is 33.8 Å². The molecule has 0 unspecified atom stereocenters. The third-order valence-electron chi connectivity index (χ3n) is 2.36. The van der Waals surface area contributed by atoms with Crippen LogP contribution < -0.4 is 0 Å². The lowest BCUT2D eigenvalue weighted by atomic mass is 10.1. The van der Waals surface area contributed by atoms with Gasteiger partial charge in [0, 0.05) is 16.9 Å². The average Bonchev–Trinajstić information content (AvgIpc) is 2.29. The Hall–Kier alpha value is -0.750. The van der Waals surface area contributed by atoms with Crippen molar-refractivity contribution >= 4 is 33.4 Å². The molecule has 1 rings (SSSR count). The molecule has 1 amide bonds. The van der Waals surface area contributed by atoms with E-state index in [4.69, 9.17) is 11.6 Å². The summed E-state index contributed by atoms with van der Waals surface area (Å²) in [4.78, 5) is 12.8. The average molecular weight is 359 g/mol. The normalized spacial score (nSPS) is 11.5. The number of carbonyl (C=O) groups excluding carboxylic acids is 1. The maximum Gasteiger partial charge on any atom is 0.406 e. The van der Waals surface area contributed by atoms with E-state index in [2.05, 4.69) is 15.9 Å². The highest BCUT2D eigenvalue weighted by atomic mass is 79.9. The number of benzene rings is 1. The highest BCUT2D eigenvalue weighted by molar-refractivity contribution is 9.10. The molecule has 7 heteroatoms. The van der Waals surface area contributed by atoms with Crippen molar-refractivity contribution in [1.82, 2.24) is 4.90 Å². The highest BCUT2D eigenvalue weighted by Crippen LogP contribution is 2.23. The van der Waals surface area contributed by atoms with Crippen molar-refractivity contribution in [3.8, 4) is 0 Å². The summed E-state index contributed by atoms with van der Waals surface area (Å²) in [7, 11) is 0. The third kappa shape index (κ3) is 5.03. The molecule has 0 saturated heterocycles. The van der Waals surface area contributed by atoms with Crippen LogP contribution in [0.5, 0.6) is 0 Å². The summed E-state index contributed by atoms with van der Waals surface area (Å²) in [5, 5.41) is 0. The SMILES string of the molecule is Cc1ccc(Br)c(C(=O)N(CCCl)CC(F)(F)F)c1. The maximum atomic E-state index is 12.4.